The molecule has 2 aromatic heterocycles. The summed E-state index contributed by atoms with van der Waals surface area (Å²) in [5.74, 6) is -2.37. The second-order valence-electron chi connectivity index (χ2n) is 14.7. The van der Waals surface area contributed by atoms with Gasteiger partial charge in [0.2, 0.25) is 5.95 Å². The van der Waals surface area contributed by atoms with Gasteiger partial charge in [0, 0.05) is 49.0 Å². The third kappa shape index (κ3) is 6.29. The standard InChI is InChI=1S/C35H34F5N7O4S3/c36-25-8-3-7-24(35(38,39)40)32(25)54(50,51)45-26-9-2-6-21(28(26)37)30-31(27-12-13-41-33(42-27)43-29-22-16-53(48,49)17-23(22)29)52-34(44-30)47-19-10-11-20(47)15-46(14-19)18-4-1-5-18/h2-3,6-9,12-13,18-20,22-23,29,45H,1,4-5,10-11,14-17H2,(H,41,42,43)/t19?,20?,22-,23+,29?. The van der Waals surface area contributed by atoms with Crippen molar-refractivity contribution < 1.29 is 38.8 Å². The maximum absolute atomic E-state index is 16.6. The van der Waals surface area contributed by atoms with Crippen molar-refractivity contribution in [2.45, 2.75) is 67.3 Å². The molecule has 5 fully saturated rings. The highest BCUT2D eigenvalue weighted by molar-refractivity contribution is 7.92. The lowest BCUT2D eigenvalue weighted by molar-refractivity contribution is -0.140. The first-order valence-corrected chi connectivity index (χ1v) is 21.8. The van der Waals surface area contributed by atoms with E-state index in [1.54, 1.807) is 6.07 Å². The molecule has 2 saturated carbocycles. The molecule has 3 aliphatic heterocycles. The van der Waals surface area contributed by atoms with E-state index in [1.165, 1.54) is 48.9 Å². The van der Waals surface area contributed by atoms with Gasteiger partial charge in [0.25, 0.3) is 10.0 Å². The van der Waals surface area contributed by atoms with Crippen molar-refractivity contribution in [3.63, 3.8) is 0 Å². The van der Waals surface area contributed by atoms with E-state index in [1.807, 2.05) is 4.72 Å². The number of thiazole rings is 1. The van der Waals surface area contributed by atoms with Crippen LogP contribution in [0.5, 0.6) is 0 Å². The fourth-order valence-corrected chi connectivity index (χ4v) is 13.3. The minimum atomic E-state index is -5.28. The summed E-state index contributed by atoms with van der Waals surface area (Å²) in [5, 5.41) is 3.87. The zero-order chi connectivity index (χ0) is 37.7. The molecule has 3 unspecified atom stereocenters. The number of nitrogens with one attached hydrogen (secondary N) is 2. The predicted molar refractivity (Wildman–Crippen MR) is 192 cm³/mol. The topological polar surface area (TPSA) is 137 Å². The van der Waals surface area contributed by atoms with Crippen LogP contribution in [0.2, 0.25) is 0 Å². The Kier molecular flexibility index (Phi) is 8.48. The van der Waals surface area contributed by atoms with Crippen molar-refractivity contribution in [2.24, 2.45) is 11.8 Å². The molecule has 2 bridgehead atoms. The number of aromatic nitrogens is 3. The summed E-state index contributed by atoms with van der Waals surface area (Å²) in [6, 6.07) is 7.99. The lowest BCUT2D eigenvalue weighted by Crippen LogP contribution is -2.57. The van der Waals surface area contributed by atoms with Crippen LogP contribution in [-0.2, 0) is 26.0 Å². The summed E-state index contributed by atoms with van der Waals surface area (Å²) in [7, 11) is -8.34. The average molecular weight is 808 g/mol. The minimum Gasteiger partial charge on any atom is -0.351 e. The van der Waals surface area contributed by atoms with Gasteiger partial charge in [-0.3, -0.25) is 9.62 Å². The molecule has 0 spiro atoms. The second kappa shape index (κ2) is 12.8. The van der Waals surface area contributed by atoms with Gasteiger partial charge >= 0.3 is 6.18 Å². The molecule has 3 saturated heterocycles. The number of piperazine rings is 1. The van der Waals surface area contributed by atoms with Crippen LogP contribution in [0, 0.1) is 23.5 Å². The molecule has 19 heteroatoms. The van der Waals surface area contributed by atoms with Crippen LogP contribution in [0.3, 0.4) is 0 Å². The molecule has 2 aliphatic carbocycles. The Morgan fingerprint density at radius 1 is 0.889 bits per heavy atom. The van der Waals surface area contributed by atoms with Gasteiger partial charge in [0.15, 0.2) is 20.8 Å². The number of alkyl halides is 3. The quantitative estimate of drug-likeness (QED) is 0.193. The number of anilines is 3. The Bertz CT molecular complexity index is 2340. The molecule has 54 heavy (non-hydrogen) atoms. The van der Waals surface area contributed by atoms with Gasteiger partial charge in [-0.25, -0.2) is 40.6 Å². The zero-order valence-corrected chi connectivity index (χ0v) is 30.9. The second-order valence-corrected chi connectivity index (χ2v) is 19.5. The lowest BCUT2D eigenvalue weighted by atomic mass is 9.90. The Morgan fingerprint density at radius 3 is 2.26 bits per heavy atom. The maximum atomic E-state index is 16.6. The van der Waals surface area contributed by atoms with Crippen LogP contribution in [0.15, 0.2) is 53.6 Å². The monoisotopic (exact) mass is 807 g/mol. The van der Waals surface area contributed by atoms with Gasteiger partial charge in [-0.15, -0.1) is 0 Å². The zero-order valence-electron chi connectivity index (χ0n) is 28.4. The molecule has 5 aliphatic rings. The number of halogens is 5. The molecular weight excluding hydrogens is 774 g/mol. The number of sulfonamides is 1. The van der Waals surface area contributed by atoms with Gasteiger partial charge < -0.3 is 10.2 Å². The molecule has 286 valence electrons. The summed E-state index contributed by atoms with van der Waals surface area (Å²) < 4.78 is 125. The molecule has 11 nitrogen and oxygen atoms in total. The van der Waals surface area contributed by atoms with E-state index in [0.717, 1.165) is 38.1 Å². The van der Waals surface area contributed by atoms with Crippen LogP contribution in [0.4, 0.5) is 38.7 Å². The van der Waals surface area contributed by atoms with Gasteiger partial charge in [-0.05, 0) is 67.9 Å². The van der Waals surface area contributed by atoms with E-state index in [2.05, 4.69) is 20.1 Å². The van der Waals surface area contributed by atoms with E-state index >= 15 is 4.39 Å². The molecule has 4 aromatic rings. The Hall–Kier alpha value is -3.94. The first kappa shape index (κ1) is 35.7. The summed E-state index contributed by atoms with van der Waals surface area (Å²) in [4.78, 5) is 17.7. The number of likely N-dealkylation sites (tertiary alicyclic amines) is 1. The Labute approximate surface area is 312 Å². The minimum absolute atomic E-state index is 0.0286. The molecule has 5 atom stereocenters. The summed E-state index contributed by atoms with van der Waals surface area (Å²) in [6.07, 6.45) is 1.82. The highest BCUT2D eigenvalue weighted by Gasteiger charge is 2.59. The number of rotatable bonds is 9. The first-order valence-electron chi connectivity index (χ1n) is 17.7. The van der Waals surface area contributed by atoms with Crippen molar-refractivity contribution in [1.82, 2.24) is 19.9 Å². The molecule has 0 amide bonds. The van der Waals surface area contributed by atoms with Gasteiger partial charge in [-0.2, -0.15) is 13.2 Å². The SMILES string of the molecule is O=S1(=O)C[C@@H]2C(Nc3nccc(-c4sc(N5C6CCC5CN(C5CCC5)C6)nc4-c4cccc(NS(=O)(=O)c5c(F)cccc5C(F)(F)F)c4F)n3)[C@@H]2C1. The van der Waals surface area contributed by atoms with Crippen LogP contribution in [0.1, 0.15) is 37.7 Å². The maximum Gasteiger partial charge on any atom is 0.417 e. The Morgan fingerprint density at radius 2 is 1.59 bits per heavy atom. The summed E-state index contributed by atoms with van der Waals surface area (Å²) in [6.45, 7) is 1.74. The van der Waals surface area contributed by atoms with Crippen LogP contribution in [-0.4, -0.2) is 85.5 Å². The number of sulfone groups is 1. The highest BCUT2D eigenvalue weighted by atomic mass is 32.2. The van der Waals surface area contributed by atoms with Crippen molar-refractivity contribution in [3.05, 3.63) is 65.9 Å². The average Bonchev–Trinajstić information content (AvgIpc) is 3.37. The van der Waals surface area contributed by atoms with Crippen molar-refractivity contribution >= 4 is 48.0 Å². The number of hydrogen-bond donors (Lipinski definition) is 2. The van der Waals surface area contributed by atoms with E-state index in [-0.39, 0.29) is 58.7 Å². The molecule has 9 rings (SSSR count). The fraction of sp³-hybridized carbons (Fsp3) is 0.457. The van der Waals surface area contributed by atoms with E-state index in [0.29, 0.717) is 33.9 Å². The number of nitrogens with zero attached hydrogens (tertiary/aromatic N) is 5. The van der Waals surface area contributed by atoms with Crippen LogP contribution in [0.25, 0.3) is 21.8 Å². The summed E-state index contributed by atoms with van der Waals surface area (Å²) in [5.41, 5.74) is -2.05. The van der Waals surface area contributed by atoms with E-state index in [9.17, 15) is 34.4 Å². The van der Waals surface area contributed by atoms with E-state index in [4.69, 9.17) is 9.97 Å². The van der Waals surface area contributed by atoms with Crippen molar-refractivity contribution in [1.29, 1.82) is 0 Å². The number of hydrogen-bond acceptors (Lipinski definition) is 11. The first-order chi connectivity index (χ1) is 25.7. The van der Waals surface area contributed by atoms with Crippen molar-refractivity contribution in [3.8, 4) is 21.8 Å². The third-order valence-corrected chi connectivity index (χ3v) is 15.7. The normalized spacial score (nSPS) is 26.4. The molecule has 2 aromatic carbocycles. The van der Waals surface area contributed by atoms with Crippen LogP contribution >= 0.6 is 11.3 Å². The van der Waals surface area contributed by atoms with Gasteiger partial charge in [0.05, 0.1) is 39.0 Å². The summed E-state index contributed by atoms with van der Waals surface area (Å²) >= 11 is 1.30. The molecule has 5 heterocycles. The molecule has 0 radical (unpaired) electrons. The Balaban J connectivity index is 1.09. The van der Waals surface area contributed by atoms with Gasteiger partial charge in [-0.1, -0.05) is 29.9 Å². The van der Waals surface area contributed by atoms with Crippen molar-refractivity contribution in [2.75, 3.05) is 39.5 Å². The number of fused-ring (bicyclic) bond motifs is 3. The lowest BCUT2D eigenvalue weighted by Gasteiger charge is -2.46. The largest absolute Gasteiger partial charge is 0.417 e. The molecular formula is C35H34F5N7O4S3. The third-order valence-electron chi connectivity index (χ3n) is 11.4. The smallest absolute Gasteiger partial charge is 0.351 e. The van der Waals surface area contributed by atoms with Crippen LogP contribution < -0.4 is 14.9 Å². The number of benzene rings is 2. The fourth-order valence-electron chi connectivity index (χ4n) is 8.54. The predicted octanol–water partition coefficient (Wildman–Crippen LogP) is 6.03. The highest BCUT2D eigenvalue weighted by Crippen LogP contribution is 2.49. The molecule has 2 N–H and O–H groups in total. The van der Waals surface area contributed by atoms with E-state index < -0.39 is 53.8 Å². The van der Waals surface area contributed by atoms with Gasteiger partial charge in [0.1, 0.15) is 10.7 Å².